The summed E-state index contributed by atoms with van der Waals surface area (Å²) in [4.78, 5) is 51.0. The van der Waals surface area contributed by atoms with Crippen molar-refractivity contribution >= 4 is 23.7 Å². The molecule has 4 saturated carbocycles. The maximum atomic E-state index is 14.8. The van der Waals surface area contributed by atoms with Gasteiger partial charge in [0.1, 0.15) is 42.7 Å². The largest absolute Gasteiger partial charge is 0.550 e. The molecular weight excluding hydrogens is 760 g/mol. The van der Waals surface area contributed by atoms with Crippen LogP contribution in [0.1, 0.15) is 106 Å². The van der Waals surface area contributed by atoms with Gasteiger partial charge < -0.3 is 69.4 Å². The van der Waals surface area contributed by atoms with Crippen LogP contribution in [0.25, 0.3) is 0 Å². The van der Waals surface area contributed by atoms with E-state index in [1.165, 1.54) is 0 Å². The molecule has 0 spiro atoms. The Morgan fingerprint density at radius 2 is 1.36 bits per heavy atom. The standard InChI is InChI=1S/C42H62O16/c1-37(2)21-8-11-42(7)31(20(43)16-18-19-17-39(4,36(53)54)13-12-38(19,3)14-15-41(18,42)6)40(21,5)10-9-22(37)55-35-30(26(47)25(46)29(57-35)33(51)52)58-34-27(48)23(44)24(45)28(56-34)32(49)50/h16,19,21-31,34-35,44-48H,8-15,17H2,1-7H3,(H,49,50)(H,51,52)(H,53,54)/p-2/t19-,21+,22-,23?,24?,25?,26?,27?,28?,29?,30?,31-,34?,35?,38+,39-,40-,41+,42+/m0/s1. The summed E-state index contributed by atoms with van der Waals surface area (Å²) in [7, 11) is 0. The van der Waals surface area contributed by atoms with Crippen LogP contribution in [0.15, 0.2) is 11.6 Å². The molecule has 5 aliphatic carbocycles. The summed E-state index contributed by atoms with van der Waals surface area (Å²) < 4.78 is 23.2. The Labute approximate surface area is 337 Å². The first kappa shape index (κ1) is 43.5. The average molecular weight is 821 g/mol. The third kappa shape index (κ3) is 6.25. The first-order valence-electron chi connectivity index (χ1n) is 20.7. The van der Waals surface area contributed by atoms with E-state index in [0.29, 0.717) is 38.5 Å². The summed E-state index contributed by atoms with van der Waals surface area (Å²) >= 11 is 0. The van der Waals surface area contributed by atoms with Gasteiger partial charge in [-0.2, -0.15) is 0 Å². The number of hydrogen-bond acceptors (Lipinski definition) is 15. The second kappa shape index (κ2) is 14.3. The average Bonchev–Trinajstić information content (AvgIpc) is 3.13. The number of carboxylic acid groups (broad SMARTS) is 3. The molecule has 6 N–H and O–H groups in total. The summed E-state index contributed by atoms with van der Waals surface area (Å²) in [6.45, 7) is 14.7. The smallest absolute Gasteiger partial charge is 0.335 e. The molecule has 7 rings (SSSR count). The number of fused-ring (bicyclic) bond motifs is 7. The quantitative estimate of drug-likeness (QED) is 0.178. The van der Waals surface area contributed by atoms with Gasteiger partial charge in [0, 0.05) is 17.3 Å². The fraction of sp³-hybridized carbons (Fsp3) is 0.857. The molecule has 0 aromatic carbocycles. The van der Waals surface area contributed by atoms with Gasteiger partial charge in [-0.05, 0) is 103 Å². The van der Waals surface area contributed by atoms with Gasteiger partial charge in [-0.15, -0.1) is 0 Å². The normalized spacial score (nSPS) is 52.6. The molecule has 0 amide bonds. The number of hydrogen-bond donors (Lipinski definition) is 6. The molecule has 0 aromatic heterocycles. The molecule has 0 aromatic rings. The van der Waals surface area contributed by atoms with Crippen LogP contribution in [0.3, 0.4) is 0 Å². The minimum Gasteiger partial charge on any atom is -0.550 e. The Balaban J connectivity index is 1.17. The molecular formula is C42H60O16-2. The van der Waals surface area contributed by atoms with Gasteiger partial charge in [0.05, 0.1) is 12.1 Å². The zero-order valence-corrected chi connectivity index (χ0v) is 34.3. The van der Waals surface area contributed by atoms with Crippen molar-refractivity contribution in [2.24, 2.45) is 50.2 Å². The molecule has 7 aliphatic rings. The van der Waals surface area contributed by atoms with E-state index in [1.54, 1.807) is 6.92 Å². The summed E-state index contributed by atoms with van der Waals surface area (Å²) in [5.41, 5.74) is -2.08. The summed E-state index contributed by atoms with van der Waals surface area (Å²) in [6, 6.07) is 0. The highest BCUT2D eigenvalue weighted by Crippen LogP contribution is 2.75. The molecule has 2 aliphatic heterocycles. The Hall–Kier alpha value is -2.54. The van der Waals surface area contributed by atoms with Crippen molar-refractivity contribution in [3.8, 4) is 0 Å². The molecule has 58 heavy (non-hydrogen) atoms. The Morgan fingerprint density at radius 3 is 1.98 bits per heavy atom. The summed E-state index contributed by atoms with van der Waals surface area (Å²) in [6.07, 6.45) is -13.0. The van der Waals surface area contributed by atoms with Crippen molar-refractivity contribution in [1.82, 2.24) is 0 Å². The second-order valence-corrected chi connectivity index (χ2v) is 20.6. The topological polar surface area (TPSA) is 273 Å². The lowest BCUT2D eigenvalue weighted by Crippen LogP contribution is -2.68. The molecule has 6 fully saturated rings. The third-order valence-electron chi connectivity index (χ3n) is 17.2. The van der Waals surface area contributed by atoms with Crippen LogP contribution in [0.2, 0.25) is 0 Å². The minimum atomic E-state index is -2.11. The van der Waals surface area contributed by atoms with Crippen LogP contribution < -0.4 is 10.2 Å². The number of carbonyl (C=O) groups excluding carboxylic acids is 3. The van der Waals surface area contributed by atoms with Gasteiger partial charge in [0.25, 0.3) is 0 Å². The fourth-order valence-electron chi connectivity index (χ4n) is 13.4. The minimum absolute atomic E-state index is 0.0401. The van der Waals surface area contributed by atoms with Gasteiger partial charge in [0.15, 0.2) is 24.5 Å². The van der Waals surface area contributed by atoms with Gasteiger partial charge >= 0.3 is 5.97 Å². The number of rotatable bonds is 7. The van der Waals surface area contributed by atoms with E-state index in [1.807, 2.05) is 19.9 Å². The molecule has 326 valence electrons. The molecule has 16 heteroatoms. The maximum Gasteiger partial charge on any atom is 0.335 e. The zero-order chi connectivity index (χ0) is 42.9. The van der Waals surface area contributed by atoms with Gasteiger partial charge in [-0.3, -0.25) is 4.79 Å². The summed E-state index contributed by atoms with van der Waals surface area (Å²) in [5, 5.41) is 87.2. The monoisotopic (exact) mass is 820 g/mol. The number of aliphatic hydroxyl groups is 5. The van der Waals surface area contributed by atoms with Gasteiger partial charge in [-0.25, -0.2) is 4.79 Å². The van der Waals surface area contributed by atoms with E-state index in [-0.39, 0.29) is 34.4 Å². The highest BCUT2D eigenvalue weighted by atomic mass is 16.8. The number of aliphatic hydroxyl groups excluding tert-OH is 5. The number of ketones is 1. The van der Waals surface area contributed by atoms with Crippen LogP contribution in [-0.2, 0) is 38.1 Å². The molecule has 0 bridgehead atoms. The Bertz CT molecular complexity index is 1730. The lowest BCUT2D eigenvalue weighted by Gasteiger charge is -2.70. The van der Waals surface area contributed by atoms with Crippen molar-refractivity contribution in [3.05, 3.63) is 11.6 Å². The van der Waals surface area contributed by atoms with Crippen molar-refractivity contribution in [2.45, 2.75) is 174 Å². The van der Waals surface area contributed by atoms with E-state index in [4.69, 9.17) is 18.9 Å². The number of carboxylic acids is 3. The number of ether oxygens (including phenoxy) is 4. The molecule has 2 saturated heterocycles. The molecule has 2 heterocycles. The van der Waals surface area contributed by atoms with Crippen LogP contribution in [0, 0.1) is 50.2 Å². The predicted molar refractivity (Wildman–Crippen MR) is 194 cm³/mol. The van der Waals surface area contributed by atoms with E-state index in [2.05, 4.69) is 27.7 Å². The van der Waals surface area contributed by atoms with E-state index in [9.17, 15) is 60.0 Å². The highest BCUT2D eigenvalue weighted by Gasteiger charge is 2.70. The van der Waals surface area contributed by atoms with Crippen LogP contribution in [0.5, 0.6) is 0 Å². The van der Waals surface area contributed by atoms with E-state index < -0.39 is 107 Å². The summed E-state index contributed by atoms with van der Waals surface area (Å²) in [5.74, 6) is -5.09. The first-order valence-corrected chi connectivity index (χ1v) is 20.7. The number of carbonyl (C=O) groups is 4. The lowest BCUT2D eigenvalue weighted by atomic mass is 9.33. The fourth-order valence-corrected chi connectivity index (χ4v) is 13.4. The molecule has 0 radical (unpaired) electrons. The molecule has 10 unspecified atom stereocenters. The first-order chi connectivity index (χ1) is 26.8. The van der Waals surface area contributed by atoms with Crippen molar-refractivity contribution < 1.29 is 79.0 Å². The van der Waals surface area contributed by atoms with Crippen LogP contribution in [0.4, 0.5) is 0 Å². The van der Waals surface area contributed by atoms with Crippen molar-refractivity contribution in [3.63, 3.8) is 0 Å². The van der Waals surface area contributed by atoms with Gasteiger partial charge in [-0.1, -0.05) is 54.0 Å². The van der Waals surface area contributed by atoms with Crippen molar-refractivity contribution in [1.29, 1.82) is 0 Å². The van der Waals surface area contributed by atoms with E-state index in [0.717, 1.165) is 24.8 Å². The highest BCUT2D eigenvalue weighted by molar-refractivity contribution is 5.95. The number of allylic oxidation sites excluding steroid dienone is 2. The third-order valence-corrected chi connectivity index (χ3v) is 17.2. The maximum absolute atomic E-state index is 14.8. The number of aliphatic carboxylic acids is 3. The zero-order valence-electron chi connectivity index (χ0n) is 34.3. The van der Waals surface area contributed by atoms with E-state index >= 15 is 0 Å². The molecule has 16 nitrogen and oxygen atoms in total. The Morgan fingerprint density at radius 1 is 0.741 bits per heavy atom. The van der Waals surface area contributed by atoms with Crippen molar-refractivity contribution in [2.75, 3.05) is 0 Å². The van der Waals surface area contributed by atoms with Crippen LogP contribution in [-0.4, -0.2) is 122 Å². The SMILES string of the molecule is CC1(C)[C@@H](OC2OC(C(=O)[O-])C(O)C(O)C2OC2OC(C(=O)O)C(O)C(O)C2O)CC[C@@]2(C)[C@@H]1CC[C@]1(C)[C@H]2C(=O)C=C2[C@@H]3C[C@@](C)(C(=O)[O-])CC[C@]3(C)CC[C@]21C. The Kier molecular flexibility index (Phi) is 10.7. The lowest BCUT2D eigenvalue weighted by molar-refractivity contribution is -0.385. The van der Waals surface area contributed by atoms with Crippen LogP contribution >= 0.6 is 0 Å². The second-order valence-electron chi connectivity index (χ2n) is 20.6. The predicted octanol–water partition coefficient (Wildman–Crippen LogP) is -0.424. The van der Waals surface area contributed by atoms with Gasteiger partial charge in [0.2, 0.25) is 0 Å². The molecule has 19 atom stereocenters.